The first-order chi connectivity index (χ1) is 8.85. The second-order valence-corrected chi connectivity index (χ2v) is 5.08. The van der Waals surface area contributed by atoms with Crippen molar-refractivity contribution in [3.8, 4) is 5.75 Å². The van der Waals surface area contributed by atoms with Crippen molar-refractivity contribution in [2.75, 3.05) is 6.61 Å². The largest absolute Gasteiger partial charge is 0.494 e. The molecule has 3 heteroatoms. The van der Waals surface area contributed by atoms with E-state index in [1.54, 1.807) is 0 Å². The first kappa shape index (κ1) is 13.4. The Labute approximate surface area is 110 Å². The molecule has 1 aliphatic rings. The Kier molecular flexibility index (Phi) is 5.02. The van der Waals surface area contributed by atoms with Crippen LogP contribution in [0.4, 0.5) is 0 Å². The van der Waals surface area contributed by atoms with E-state index in [0.717, 1.165) is 18.1 Å². The summed E-state index contributed by atoms with van der Waals surface area (Å²) >= 11 is 0. The lowest BCUT2D eigenvalue weighted by Crippen LogP contribution is -2.29. The van der Waals surface area contributed by atoms with Crippen molar-refractivity contribution in [1.82, 2.24) is 5.43 Å². The molecule has 0 saturated heterocycles. The van der Waals surface area contributed by atoms with Crippen LogP contribution in [-0.2, 0) is 0 Å². The Balaban J connectivity index is 2.10. The van der Waals surface area contributed by atoms with Crippen molar-refractivity contribution in [3.05, 3.63) is 29.8 Å². The van der Waals surface area contributed by atoms with Crippen LogP contribution >= 0.6 is 0 Å². The Bertz CT molecular complexity index is 361. The van der Waals surface area contributed by atoms with E-state index in [0.29, 0.717) is 6.61 Å². The molecule has 1 saturated carbocycles. The van der Waals surface area contributed by atoms with E-state index in [1.807, 2.05) is 19.1 Å². The van der Waals surface area contributed by atoms with Crippen LogP contribution in [0.1, 0.15) is 50.6 Å². The Morgan fingerprint density at radius 3 is 2.72 bits per heavy atom. The van der Waals surface area contributed by atoms with Gasteiger partial charge in [0.25, 0.3) is 0 Å². The highest BCUT2D eigenvalue weighted by Crippen LogP contribution is 2.35. The molecule has 18 heavy (non-hydrogen) atoms. The van der Waals surface area contributed by atoms with Gasteiger partial charge in [0, 0.05) is 11.6 Å². The van der Waals surface area contributed by atoms with Crippen molar-refractivity contribution in [2.45, 2.75) is 45.1 Å². The Morgan fingerprint density at radius 2 is 2.06 bits per heavy atom. The molecule has 0 amide bonds. The van der Waals surface area contributed by atoms with Crippen molar-refractivity contribution in [2.24, 2.45) is 11.8 Å². The van der Waals surface area contributed by atoms with E-state index >= 15 is 0 Å². The minimum Gasteiger partial charge on any atom is -0.494 e. The highest BCUT2D eigenvalue weighted by Gasteiger charge is 2.22. The third-order valence-corrected chi connectivity index (χ3v) is 3.84. The fourth-order valence-electron chi connectivity index (χ4n) is 2.92. The van der Waals surface area contributed by atoms with Crippen molar-refractivity contribution < 1.29 is 4.74 Å². The second kappa shape index (κ2) is 6.76. The highest BCUT2D eigenvalue weighted by atomic mass is 16.5. The summed E-state index contributed by atoms with van der Waals surface area (Å²) in [7, 11) is 0. The molecule has 0 aromatic heterocycles. The van der Waals surface area contributed by atoms with Crippen molar-refractivity contribution in [3.63, 3.8) is 0 Å². The maximum atomic E-state index is 5.74. The summed E-state index contributed by atoms with van der Waals surface area (Å²) in [5.41, 5.74) is 4.15. The summed E-state index contributed by atoms with van der Waals surface area (Å²) in [5, 5.41) is 0. The van der Waals surface area contributed by atoms with Gasteiger partial charge in [-0.15, -0.1) is 0 Å². The molecule has 3 N–H and O–H groups in total. The van der Waals surface area contributed by atoms with E-state index in [9.17, 15) is 0 Å². The zero-order valence-corrected chi connectivity index (χ0v) is 11.2. The van der Waals surface area contributed by atoms with Gasteiger partial charge in [-0.1, -0.05) is 43.9 Å². The molecule has 1 aromatic rings. The molecule has 3 nitrogen and oxygen atoms in total. The van der Waals surface area contributed by atoms with Gasteiger partial charge in [0.2, 0.25) is 0 Å². The lowest BCUT2D eigenvalue weighted by atomic mass is 9.93. The van der Waals surface area contributed by atoms with Gasteiger partial charge in [0.05, 0.1) is 6.61 Å². The van der Waals surface area contributed by atoms with Crippen LogP contribution < -0.4 is 16.0 Å². The number of benzene rings is 1. The van der Waals surface area contributed by atoms with Gasteiger partial charge >= 0.3 is 0 Å². The van der Waals surface area contributed by atoms with Crippen molar-refractivity contribution in [1.29, 1.82) is 0 Å². The van der Waals surface area contributed by atoms with Gasteiger partial charge in [-0.25, -0.2) is 0 Å². The number of hydrazine groups is 1. The summed E-state index contributed by atoms with van der Waals surface area (Å²) in [6, 6.07) is 8.41. The SMILES string of the molecule is CCOc1ccccc1C(CC1CCCC1)NN. The number of hydrogen-bond acceptors (Lipinski definition) is 3. The van der Waals surface area contributed by atoms with Gasteiger partial charge in [-0.3, -0.25) is 11.3 Å². The molecule has 2 rings (SSSR count). The van der Waals surface area contributed by atoms with Crippen molar-refractivity contribution >= 4 is 0 Å². The zero-order valence-electron chi connectivity index (χ0n) is 11.2. The van der Waals surface area contributed by atoms with Crippen LogP contribution in [0, 0.1) is 5.92 Å². The number of ether oxygens (including phenoxy) is 1. The predicted octanol–water partition coefficient (Wildman–Crippen LogP) is 3.17. The lowest BCUT2D eigenvalue weighted by molar-refractivity contribution is 0.323. The van der Waals surface area contributed by atoms with Crippen LogP contribution in [-0.4, -0.2) is 6.61 Å². The number of nitrogens with one attached hydrogen (secondary N) is 1. The molecule has 1 atom stereocenters. The number of hydrogen-bond donors (Lipinski definition) is 2. The quantitative estimate of drug-likeness (QED) is 0.600. The second-order valence-electron chi connectivity index (χ2n) is 5.08. The Hall–Kier alpha value is -1.06. The third-order valence-electron chi connectivity index (χ3n) is 3.84. The average Bonchev–Trinajstić information content (AvgIpc) is 2.90. The topological polar surface area (TPSA) is 47.3 Å². The summed E-state index contributed by atoms with van der Waals surface area (Å²) in [6.45, 7) is 2.70. The third kappa shape index (κ3) is 3.24. The molecule has 1 fully saturated rings. The summed E-state index contributed by atoms with van der Waals surface area (Å²) in [6.07, 6.45) is 6.54. The molecule has 0 aliphatic heterocycles. The first-order valence-corrected chi connectivity index (χ1v) is 7.03. The van der Waals surface area contributed by atoms with E-state index < -0.39 is 0 Å². The molecule has 1 unspecified atom stereocenters. The van der Waals surface area contributed by atoms with Crippen LogP contribution in [0.5, 0.6) is 5.75 Å². The van der Waals surface area contributed by atoms with E-state index in [4.69, 9.17) is 10.6 Å². The molecule has 0 bridgehead atoms. The van der Waals surface area contributed by atoms with E-state index in [1.165, 1.54) is 31.2 Å². The van der Waals surface area contributed by atoms with Crippen LogP contribution in [0.3, 0.4) is 0 Å². The summed E-state index contributed by atoms with van der Waals surface area (Å²) in [4.78, 5) is 0. The molecule has 100 valence electrons. The van der Waals surface area contributed by atoms with Crippen LogP contribution in [0.2, 0.25) is 0 Å². The van der Waals surface area contributed by atoms with E-state index in [2.05, 4.69) is 17.6 Å². The first-order valence-electron chi connectivity index (χ1n) is 7.03. The maximum absolute atomic E-state index is 5.74. The molecule has 0 heterocycles. The predicted molar refractivity (Wildman–Crippen MR) is 74.3 cm³/mol. The monoisotopic (exact) mass is 248 g/mol. The standard InChI is InChI=1S/C15H24N2O/c1-2-18-15-10-6-5-9-13(15)14(17-16)11-12-7-3-4-8-12/h5-6,9-10,12,14,17H,2-4,7-8,11,16H2,1H3. The molecule has 1 aliphatic carbocycles. The highest BCUT2D eigenvalue weighted by molar-refractivity contribution is 5.35. The minimum atomic E-state index is 0.204. The Morgan fingerprint density at radius 1 is 1.33 bits per heavy atom. The normalized spacial score (nSPS) is 17.9. The average molecular weight is 248 g/mol. The number of nitrogens with two attached hydrogens (primary N) is 1. The van der Waals surface area contributed by atoms with Crippen LogP contribution in [0.15, 0.2) is 24.3 Å². The fourth-order valence-corrected chi connectivity index (χ4v) is 2.92. The molecular weight excluding hydrogens is 224 g/mol. The van der Waals surface area contributed by atoms with Gasteiger partial charge in [-0.2, -0.15) is 0 Å². The minimum absolute atomic E-state index is 0.204. The zero-order chi connectivity index (χ0) is 12.8. The molecule has 1 aromatic carbocycles. The smallest absolute Gasteiger partial charge is 0.124 e. The van der Waals surface area contributed by atoms with Gasteiger partial charge in [-0.05, 0) is 25.3 Å². The number of rotatable bonds is 6. The van der Waals surface area contributed by atoms with Gasteiger partial charge in [0.1, 0.15) is 5.75 Å². The maximum Gasteiger partial charge on any atom is 0.124 e. The lowest BCUT2D eigenvalue weighted by Gasteiger charge is -2.22. The van der Waals surface area contributed by atoms with Gasteiger partial charge in [0.15, 0.2) is 0 Å². The van der Waals surface area contributed by atoms with Gasteiger partial charge < -0.3 is 4.74 Å². The fraction of sp³-hybridized carbons (Fsp3) is 0.600. The molecular formula is C15H24N2O. The number of para-hydroxylation sites is 1. The molecule has 0 radical (unpaired) electrons. The van der Waals surface area contributed by atoms with Crippen LogP contribution in [0.25, 0.3) is 0 Å². The van der Waals surface area contributed by atoms with E-state index in [-0.39, 0.29) is 6.04 Å². The summed E-state index contributed by atoms with van der Waals surface area (Å²) < 4.78 is 5.69. The molecule has 0 spiro atoms. The summed E-state index contributed by atoms with van der Waals surface area (Å²) in [5.74, 6) is 7.51.